The molecule has 9 nitrogen and oxygen atoms in total. The van der Waals surface area contributed by atoms with E-state index in [2.05, 4.69) is 74.3 Å². The lowest BCUT2D eigenvalue weighted by atomic mass is 9.97. The van der Waals surface area contributed by atoms with Crippen molar-refractivity contribution in [1.82, 2.24) is 25.3 Å². The number of nitrogens with two attached hydrogens (primary N) is 1. The minimum absolute atomic E-state index is 0.115. The molecule has 8 bridgehead atoms. The van der Waals surface area contributed by atoms with Gasteiger partial charge in [0.05, 0.1) is 54.7 Å². The van der Waals surface area contributed by atoms with Gasteiger partial charge in [0, 0.05) is 58.4 Å². The van der Waals surface area contributed by atoms with Crippen molar-refractivity contribution in [3.63, 3.8) is 0 Å². The number of fused-ring (bicyclic) bond motifs is 8. The number of hydrogen-bond acceptors (Lipinski definition) is 7. The van der Waals surface area contributed by atoms with E-state index in [0.29, 0.717) is 45.9 Å². The fourth-order valence-electron chi connectivity index (χ4n) is 6.79. The Labute approximate surface area is 282 Å². The fraction of sp³-hybridized carbons (Fsp3) is 0.359. The first-order valence-electron chi connectivity index (χ1n) is 16.7. The number of carbonyl (C=O) groups excluding carboxylic acids is 1. The number of rotatable bonds is 13. The molecule has 3 aromatic rings. The smallest absolute Gasteiger partial charge is 0.169 e. The lowest BCUT2D eigenvalue weighted by Gasteiger charge is -2.12. The summed E-state index contributed by atoms with van der Waals surface area (Å²) in [6.45, 7) is 22.2. The van der Waals surface area contributed by atoms with Crippen LogP contribution in [0.15, 0.2) is 37.1 Å². The van der Waals surface area contributed by atoms with E-state index in [9.17, 15) is 4.79 Å². The molecular weight excluding hydrogens is 600 g/mol. The SMILES string of the molecule is C=Cc1c(C)c2cc3nc(c4c5[nH]c(cc6nc(cc1[nH]2)C(C)=C6C)c(C)c5C(=O)C4)C(CCC(=C)NCCOCCOCCN)=C3C. The molecule has 0 amide bonds. The first-order chi connectivity index (χ1) is 23.1. The number of aryl methyl sites for hydroxylation is 2. The molecule has 3 aromatic heterocycles. The number of hydrogen-bond donors (Lipinski definition) is 4. The molecule has 0 saturated carbocycles. The number of H-pyrrole nitrogens is 2. The summed E-state index contributed by atoms with van der Waals surface area (Å²) in [4.78, 5) is 31.1. The van der Waals surface area contributed by atoms with E-state index in [1.165, 1.54) is 0 Å². The highest BCUT2D eigenvalue weighted by atomic mass is 16.5. The van der Waals surface area contributed by atoms with Crippen LogP contribution in [0.4, 0.5) is 0 Å². The largest absolute Gasteiger partial charge is 0.386 e. The maximum absolute atomic E-state index is 13.6. The van der Waals surface area contributed by atoms with Gasteiger partial charge in [-0.1, -0.05) is 19.2 Å². The topological polar surface area (TPSA) is 131 Å². The Balaban J connectivity index is 1.42. The van der Waals surface area contributed by atoms with Gasteiger partial charge in [0.25, 0.3) is 0 Å². The van der Waals surface area contributed by atoms with Gasteiger partial charge in [-0.2, -0.15) is 0 Å². The molecule has 0 saturated heterocycles. The number of nitrogens with one attached hydrogen (secondary N) is 3. The Morgan fingerprint density at radius 3 is 2.23 bits per heavy atom. The molecule has 3 aliphatic rings. The summed E-state index contributed by atoms with van der Waals surface area (Å²) in [6, 6.07) is 6.29. The number of nitrogens with zero attached hydrogens (tertiary/aromatic N) is 2. The Hall–Kier alpha value is -4.57. The third-order valence-corrected chi connectivity index (χ3v) is 9.77. The molecule has 48 heavy (non-hydrogen) atoms. The van der Waals surface area contributed by atoms with E-state index in [1.54, 1.807) is 0 Å². The maximum atomic E-state index is 13.6. The second-order valence-electron chi connectivity index (χ2n) is 12.7. The van der Waals surface area contributed by atoms with Crippen LogP contribution >= 0.6 is 0 Å². The van der Waals surface area contributed by atoms with Gasteiger partial charge in [-0.15, -0.1) is 0 Å². The Morgan fingerprint density at radius 2 is 1.54 bits per heavy atom. The number of aromatic amines is 2. The van der Waals surface area contributed by atoms with E-state index in [4.69, 9.17) is 25.2 Å². The number of carbonyl (C=O) groups is 1. The van der Waals surface area contributed by atoms with Crippen LogP contribution in [0.5, 0.6) is 0 Å². The summed E-state index contributed by atoms with van der Waals surface area (Å²) in [6.07, 6.45) is 3.66. The average Bonchev–Trinajstić information content (AvgIpc) is 3.81. The Kier molecular flexibility index (Phi) is 9.64. The summed E-state index contributed by atoms with van der Waals surface area (Å²) in [5.74, 6) is 0.115. The van der Waals surface area contributed by atoms with Crippen molar-refractivity contribution in [2.45, 2.75) is 53.9 Å². The summed E-state index contributed by atoms with van der Waals surface area (Å²) in [7, 11) is 0. The first-order valence-corrected chi connectivity index (χ1v) is 16.7. The molecule has 0 spiro atoms. The number of ether oxygens (including phenoxy) is 2. The number of aromatic nitrogens is 4. The van der Waals surface area contributed by atoms with Crippen LogP contribution in [0, 0.1) is 13.8 Å². The highest BCUT2D eigenvalue weighted by Gasteiger charge is 2.31. The van der Waals surface area contributed by atoms with E-state index in [1.807, 2.05) is 13.0 Å². The Bertz CT molecular complexity index is 2060. The molecule has 6 rings (SSSR count). The maximum Gasteiger partial charge on any atom is 0.169 e. The molecule has 1 aliphatic carbocycles. The van der Waals surface area contributed by atoms with Crippen LogP contribution in [0.25, 0.3) is 50.4 Å². The van der Waals surface area contributed by atoms with Gasteiger partial charge in [-0.05, 0) is 99.1 Å². The van der Waals surface area contributed by atoms with E-state index < -0.39 is 0 Å². The molecule has 0 unspecified atom stereocenters. The predicted octanol–water partition coefficient (Wildman–Crippen LogP) is 7.07. The third kappa shape index (κ3) is 6.21. The lowest BCUT2D eigenvalue weighted by Crippen LogP contribution is -2.20. The zero-order chi connectivity index (χ0) is 34.1. The first kappa shape index (κ1) is 33.3. The van der Waals surface area contributed by atoms with Crippen molar-refractivity contribution in [3.8, 4) is 0 Å². The number of allylic oxidation sites excluding steroid dienone is 5. The lowest BCUT2D eigenvalue weighted by molar-refractivity contribution is 0.0524. The van der Waals surface area contributed by atoms with E-state index in [-0.39, 0.29) is 5.78 Å². The van der Waals surface area contributed by atoms with Gasteiger partial charge in [0.2, 0.25) is 0 Å². The second-order valence-corrected chi connectivity index (χ2v) is 12.7. The van der Waals surface area contributed by atoms with Gasteiger partial charge in [-0.25, -0.2) is 9.97 Å². The third-order valence-electron chi connectivity index (χ3n) is 9.77. The normalized spacial score (nSPS) is 14.0. The highest BCUT2D eigenvalue weighted by molar-refractivity contribution is 6.14. The standard InChI is InChI=1S/C39H46N6O3/c1-8-27-24(5)32-19-33-25(6)28(10-9-21(2)41-12-14-48-16-15-47-13-11-40)38(44-33)29-17-36(46)37-26(7)34(45-39(29)37)18-30-22(3)23(4)31(42-30)20-35(27)43-32/h8,18-20,41,43,45H,1-2,9-17,40H2,3-7H3. The van der Waals surface area contributed by atoms with Crippen LogP contribution in [-0.2, 0) is 15.9 Å². The molecule has 5 N–H and O–H groups in total. The highest BCUT2D eigenvalue weighted by Crippen LogP contribution is 2.41. The number of Topliss-reactive ketones (excluding diaryl/α,β-unsaturated/α-hetero) is 1. The van der Waals surface area contributed by atoms with Crippen molar-refractivity contribution in [2.75, 3.05) is 39.5 Å². The second kappa shape index (κ2) is 13.9. The molecule has 5 heterocycles. The van der Waals surface area contributed by atoms with Crippen LogP contribution in [0.3, 0.4) is 0 Å². The van der Waals surface area contributed by atoms with E-state index >= 15 is 0 Å². The monoisotopic (exact) mass is 646 g/mol. The van der Waals surface area contributed by atoms with E-state index in [0.717, 1.165) is 113 Å². The predicted molar refractivity (Wildman–Crippen MR) is 196 cm³/mol. The van der Waals surface area contributed by atoms with Crippen LogP contribution in [-0.4, -0.2) is 65.2 Å². The zero-order valence-electron chi connectivity index (χ0n) is 28.8. The van der Waals surface area contributed by atoms with Crippen LogP contribution < -0.4 is 11.1 Å². The van der Waals surface area contributed by atoms with Crippen molar-refractivity contribution in [2.24, 2.45) is 5.73 Å². The van der Waals surface area contributed by atoms with Gasteiger partial charge in [0.15, 0.2) is 5.78 Å². The van der Waals surface area contributed by atoms with Crippen molar-refractivity contribution in [3.05, 3.63) is 87.6 Å². The van der Waals surface area contributed by atoms with Gasteiger partial charge in [0.1, 0.15) is 0 Å². The quantitative estimate of drug-likeness (QED) is 0.146. The van der Waals surface area contributed by atoms with Crippen LogP contribution in [0.1, 0.15) is 89.0 Å². The van der Waals surface area contributed by atoms with Gasteiger partial charge in [-0.3, -0.25) is 4.79 Å². The van der Waals surface area contributed by atoms with Crippen molar-refractivity contribution in [1.29, 1.82) is 0 Å². The summed E-state index contributed by atoms with van der Waals surface area (Å²) >= 11 is 0. The molecule has 0 radical (unpaired) electrons. The molecular formula is C39H46N6O3. The van der Waals surface area contributed by atoms with Crippen LogP contribution in [0.2, 0.25) is 0 Å². The van der Waals surface area contributed by atoms with Gasteiger partial charge < -0.3 is 30.5 Å². The minimum Gasteiger partial charge on any atom is -0.386 e. The summed E-state index contributed by atoms with van der Waals surface area (Å²) in [5, 5.41) is 3.40. The summed E-state index contributed by atoms with van der Waals surface area (Å²) < 4.78 is 11.0. The summed E-state index contributed by atoms with van der Waals surface area (Å²) in [5.41, 5.74) is 22.9. The van der Waals surface area contributed by atoms with Crippen molar-refractivity contribution < 1.29 is 14.3 Å². The van der Waals surface area contributed by atoms with Gasteiger partial charge >= 0.3 is 0 Å². The molecule has 2 aliphatic heterocycles. The zero-order valence-corrected chi connectivity index (χ0v) is 28.8. The molecule has 9 heteroatoms. The molecule has 0 aromatic carbocycles. The minimum atomic E-state index is 0.115. The average molecular weight is 647 g/mol. The van der Waals surface area contributed by atoms with Crippen molar-refractivity contribution >= 4 is 56.2 Å². The number of ketones is 1. The molecule has 0 fully saturated rings. The fourth-order valence-corrected chi connectivity index (χ4v) is 6.79. The molecule has 0 atom stereocenters. The molecule has 250 valence electrons. The Morgan fingerprint density at radius 1 is 0.896 bits per heavy atom.